The Labute approximate surface area is 116 Å². The minimum Gasteiger partial charge on any atom is -0.494 e. The van der Waals surface area contributed by atoms with Crippen molar-refractivity contribution in [2.75, 3.05) is 14.2 Å². The zero-order valence-electron chi connectivity index (χ0n) is 11.5. The van der Waals surface area contributed by atoms with Crippen LogP contribution in [0.2, 0.25) is 0 Å². The fourth-order valence-corrected chi connectivity index (χ4v) is 3.21. The maximum absolute atomic E-state index is 14.4. The topological polar surface area (TPSA) is 34.1 Å². The first-order chi connectivity index (χ1) is 9.08. The summed E-state index contributed by atoms with van der Waals surface area (Å²) in [5.41, 5.74) is 1.51. The summed E-state index contributed by atoms with van der Waals surface area (Å²) in [5.74, 6) is -0.0635. The molecule has 1 aromatic carbocycles. The number of methoxy groups -OCH3 is 1. The van der Waals surface area contributed by atoms with Gasteiger partial charge in [0.05, 0.1) is 23.9 Å². The predicted molar refractivity (Wildman–Crippen MR) is 75.4 cm³/mol. The number of hydrogen-bond donors (Lipinski definition) is 1. The van der Waals surface area contributed by atoms with Crippen LogP contribution in [0.5, 0.6) is 5.75 Å². The van der Waals surface area contributed by atoms with E-state index in [0.717, 1.165) is 15.6 Å². The zero-order chi connectivity index (χ0) is 14.0. The van der Waals surface area contributed by atoms with Gasteiger partial charge in [-0.1, -0.05) is 12.1 Å². The molecule has 1 N–H and O–H groups in total. The summed E-state index contributed by atoms with van der Waals surface area (Å²) in [7, 11) is 3.29. The van der Waals surface area contributed by atoms with E-state index in [0.29, 0.717) is 5.56 Å². The number of ether oxygens (including phenoxy) is 1. The summed E-state index contributed by atoms with van der Waals surface area (Å²) >= 11 is 1.58. The fraction of sp³-hybridized carbons (Fsp3) is 0.357. The van der Waals surface area contributed by atoms with Gasteiger partial charge >= 0.3 is 0 Å². The van der Waals surface area contributed by atoms with Crippen LogP contribution in [-0.4, -0.2) is 19.1 Å². The van der Waals surface area contributed by atoms with E-state index in [9.17, 15) is 4.39 Å². The number of aromatic nitrogens is 1. The number of aryl methyl sites for hydroxylation is 2. The second-order valence-electron chi connectivity index (χ2n) is 4.27. The third-order valence-corrected chi connectivity index (χ3v) is 4.15. The molecule has 0 aliphatic rings. The molecule has 5 heteroatoms. The molecule has 1 unspecified atom stereocenters. The quantitative estimate of drug-likeness (QED) is 0.933. The zero-order valence-corrected chi connectivity index (χ0v) is 12.3. The Morgan fingerprint density at radius 2 is 2.11 bits per heavy atom. The normalized spacial score (nSPS) is 12.5. The minimum absolute atomic E-state index is 0.207. The van der Waals surface area contributed by atoms with Gasteiger partial charge in [0.1, 0.15) is 0 Å². The van der Waals surface area contributed by atoms with E-state index in [1.54, 1.807) is 29.5 Å². The highest BCUT2D eigenvalue weighted by Gasteiger charge is 2.22. The number of thiazole rings is 1. The Morgan fingerprint density at radius 3 is 2.63 bits per heavy atom. The maximum atomic E-state index is 14.4. The first kappa shape index (κ1) is 14.0. The van der Waals surface area contributed by atoms with Crippen molar-refractivity contribution in [2.45, 2.75) is 19.9 Å². The van der Waals surface area contributed by atoms with Crippen LogP contribution >= 0.6 is 11.3 Å². The Morgan fingerprint density at radius 1 is 1.37 bits per heavy atom. The van der Waals surface area contributed by atoms with Gasteiger partial charge in [0.25, 0.3) is 0 Å². The number of rotatable bonds is 4. The van der Waals surface area contributed by atoms with Gasteiger partial charge in [0, 0.05) is 10.4 Å². The van der Waals surface area contributed by atoms with Crippen LogP contribution in [0.3, 0.4) is 0 Å². The average molecular weight is 280 g/mol. The lowest BCUT2D eigenvalue weighted by Crippen LogP contribution is -2.19. The molecule has 0 saturated heterocycles. The summed E-state index contributed by atoms with van der Waals surface area (Å²) in [4.78, 5) is 5.44. The second kappa shape index (κ2) is 5.67. The van der Waals surface area contributed by atoms with Crippen molar-refractivity contribution in [3.8, 4) is 5.75 Å². The first-order valence-corrected chi connectivity index (χ1v) is 6.83. The molecule has 0 fully saturated rings. The van der Waals surface area contributed by atoms with Crippen molar-refractivity contribution in [1.82, 2.24) is 10.3 Å². The standard InChI is InChI=1S/C14H17FN2OS/c1-8-14(19-9(2)17-8)13(16-3)10-6-5-7-11(18-4)12(10)15/h5-7,13,16H,1-4H3. The molecule has 0 aliphatic carbocycles. The van der Waals surface area contributed by atoms with E-state index < -0.39 is 0 Å². The lowest BCUT2D eigenvalue weighted by molar-refractivity contribution is 0.382. The molecule has 1 aromatic heterocycles. The van der Waals surface area contributed by atoms with Crippen molar-refractivity contribution >= 4 is 11.3 Å². The summed E-state index contributed by atoms with van der Waals surface area (Å²) in [6, 6.07) is 4.98. The first-order valence-electron chi connectivity index (χ1n) is 6.02. The Balaban J connectivity index is 2.51. The number of nitrogens with one attached hydrogen (secondary N) is 1. The molecule has 2 rings (SSSR count). The smallest absolute Gasteiger partial charge is 0.170 e. The van der Waals surface area contributed by atoms with Crippen LogP contribution in [0.15, 0.2) is 18.2 Å². The van der Waals surface area contributed by atoms with Crippen LogP contribution in [0.4, 0.5) is 4.39 Å². The Bertz CT molecular complexity index is 583. The molecule has 2 aromatic rings. The van der Waals surface area contributed by atoms with Crippen molar-refractivity contribution in [3.05, 3.63) is 45.2 Å². The van der Waals surface area contributed by atoms with Crippen molar-refractivity contribution in [3.63, 3.8) is 0 Å². The highest BCUT2D eigenvalue weighted by atomic mass is 32.1. The van der Waals surface area contributed by atoms with Crippen LogP contribution in [0, 0.1) is 19.7 Å². The van der Waals surface area contributed by atoms with Crippen molar-refractivity contribution in [1.29, 1.82) is 0 Å². The van der Waals surface area contributed by atoms with Gasteiger partial charge in [-0.3, -0.25) is 0 Å². The van der Waals surface area contributed by atoms with Gasteiger partial charge in [-0.2, -0.15) is 0 Å². The van der Waals surface area contributed by atoms with Gasteiger partial charge < -0.3 is 10.1 Å². The summed E-state index contributed by atoms with van der Waals surface area (Å²) < 4.78 is 19.4. The molecule has 0 aliphatic heterocycles. The van der Waals surface area contributed by atoms with E-state index in [1.807, 2.05) is 20.9 Å². The van der Waals surface area contributed by atoms with E-state index in [2.05, 4.69) is 10.3 Å². The summed E-state index contributed by atoms with van der Waals surface area (Å²) in [5, 5.41) is 4.14. The van der Waals surface area contributed by atoms with Gasteiger partial charge in [-0.25, -0.2) is 9.37 Å². The molecule has 3 nitrogen and oxygen atoms in total. The molecular weight excluding hydrogens is 263 g/mol. The second-order valence-corrected chi connectivity index (χ2v) is 5.50. The third kappa shape index (κ3) is 2.62. The molecule has 1 heterocycles. The molecular formula is C14H17FN2OS. The summed E-state index contributed by atoms with van der Waals surface area (Å²) in [6.07, 6.45) is 0. The summed E-state index contributed by atoms with van der Waals surface area (Å²) in [6.45, 7) is 3.90. The van der Waals surface area contributed by atoms with E-state index >= 15 is 0 Å². The molecule has 1 atom stereocenters. The molecule has 0 radical (unpaired) electrons. The fourth-order valence-electron chi connectivity index (χ4n) is 2.15. The monoisotopic (exact) mass is 280 g/mol. The van der Waals surface area contributed by atoms with Crippen LogP contribution < -0.4 is 10.1 Å². The molecule has 0 bridgehead atoms. The number of halogens is 1. The van der Waals surface area contributed by atoms with Crippen LogP contribution in [-0.2, 0) is 0 Å². The predicted octanol–water partition coefficient (Wildman–Crippen LogP) is 3.22. The third-order valence-electron chi connectivity index (χ3n) is 3.01. The van der Waals surface area contributed by atoms with Crippen LogP contribution in [0.1, 0.15) is 27.2 Å². The minimum atomic E-state index is -0.324. The lowest BCUT2D eigenvalue weighted by atomic mass is 10.0. The average Bonchev–Trinajstić information content (AvgIpc) is 2.72. The van der Waals surface area contributed by atoms with Gasteiger partial charge in [-0.05, 0) is 27.0 Å². The van der Waals surface area contributed by atoms with E-state index in [4.69, 9.17) is 4.74 Å². The van der Waals surface area contributed by atoms with Crippen LogP contribution in [0.25, 0.3) is 0 Å². The lowest BCUT2D eigenvalue weighted by Gasteiger charge is -2.17. The number of hydrogen-bond acceptors (Lipinski definition) is 4. The number of benzene rings is 1. The Kier molecular flexibility index (Phi) is 4.17. The van der Waals surface area contributed by atoms with E-state index in [1.165, 1.54) is 7.11 Å². The molecule has 0 saturated carbocycles. The SMILES string of the molecule is CNC(c1cccc(OC)c1F)c1sc(C)nc1C. The largest absolute Gasteiger partial charge is 0.494 e. The maximum Gasteiger partial charge on any atom is 0.170 e. The highest BCUT2D eigenvalue weighted by molar-refractivity contribution is 7.11. The van der Waals surface area contributed by atoms with Gasteiger partial charge in [0.2, 0.25) is 0 Å². The van der Waals surface area contributed by atoms with Gasteiger partial charge in [-0.15, -0.1) is 11.3 Å². The molecule has 102 valence electrons. The van der Waals surface area contributed by atoms with Crippen molar-refractivity contribution in [2.24, 2.45) is 0 Å². The van der Waals surface area contributed by atoms with Crippen molar-refractivity contribution < 1.29 is 9.13 Å². The van der Waals surface area contributed by atoms with E-state index in [-0.39, 0.29) is 17.6 Å². The molecule has 19 heavy (non-hydrogen) atoms. The Hall–Kier alpha value is -1.46. The van der Waals surface area contributed by atoms with Gasteiger partial charge in [0.15, 0.2) is 11.6 Å². The molecule has 0 amide bonds. The number of nitrogens with zero attached hydrogens (tertiary/aromatic N) is 1. The highest BCUT2D eigenvalue weighted by Crippen LogP contribution is 2.33. The molecule has 0 spiro atoms.